The molecule has 0 N–H and O–H groups in total. The zero-order chi connectivity index (χ0) is 10.1. The second kappa shape index (κ2) is 7.99. The quantitative estimate of drug-likeness (QED) is 0.449. The third-order valence-electron chi connectivity index (χ3n) is 2.10. The van der Waals surface area contributed by atoms with Crippen molar-refractivity contribution in [2.24, 2.45) is 0 Å². The van der Waals surface area contributed by atoms with Crippen LogP contribution in [0.15, 0.2) is 11.6 Å². The van der Waals surface area contributed by atoms with E-state index in [1.165, 1.54) is 12.8 Å². The Morgan fingerprint density at radius 2 is 2.23 bits per heavy atom. The Morgan fingerprint density at radius 3 is 2.69 bits per heavy atom. The van der Waals surface area contributed by atoms with Crippen molar-refractivity contribution in [1.29, 1.82) is 0 Å². The van der Waals surface area contributed by atoms with Crippen molar-refractivity contribution in [2.45, 2.75) is 45.6 Å². The van der Waals surface area contributed by atoms with E-state index in [0.29, 0.717) is 0 Å². The van der Waals surface area contributed by atoms with Gasteiger partial charge in [-0.2, -0.15) is 0 Å². The predicted octanol–water partition coefficient (Wildman–Crippen LogP) is 2.73. The minimum Gasteiger partial charge on any atom is -0.381 e. The van der Waals surface area contributed by atoms with Crippen LogP contribution < -0.4 is 0 Å². The van der Waals surface area contributed by atoms with Crippen LogP contribution in [-0.2, 0) is 9.53 Å². The van der Waals surface area contributed by atoms with Gasteiger partial charge in [0.15, 0.2) is 0 Å². The number of methoxy groups -OCH3 is 1. The number of allylic oxidation sites excluding steroid dienone is 1. The zero-order valence-electron chi connectivity index (χ0n) is 8.88. The summed E-state index contributed by atoms with van der Waals surface area (Å²) in [6, 6.07) is 0. The van der Waals surface area contributed by atoms with Crippen LogP contribution in [-0.4, -0.2) is 19.5 Å². The highest BCUT2D eigenvalue weighted by Crippen LogP contribution is 2.09. The van der Waals surface area contributed by atoms with Crippen LogP contribution in [0, 0.1) is 0 Å². The molecule has 0 radical (unpaired) electrons. The van der Waals surface area contributed by atoms with Crippen LogP contribution in [0.25, 0.3) is 0 Å². The molecule has 0 bridgehead atoms. The van der Waals surface area contributed by atoms with E-state index in [-0.39, 0.29) is 6.10 Å². The molecule has 0 saturated carbocycles. The van der Waals surface area contributed by atoms with E-state index in [1.54, 1.807) is 7.11 Å². The molecule has 1 atom stereocenters. The minimum absolute atomic E-state index is 0.273. The summed E-state index contributed by atoms with van der Waals surface area (Å²) in [6.07, 6.45) is 7.40. The zero-order valence-corrected chi connectivity index (χ0v) is 8.88. The lowest BCUT2D eigenvalue weighted by Crippen LogP contribution is -2.09. The van der Waals surface area contributed by atoms with Gasteiger partial charge in [-0.25, -0.2) is 0 Å². The maximum atomic E-state index is 10.3. The Morgan fingerprint density at radius 1 is 1.54 bits per heavy atom. The second-order valence-corrected chi connectivity index (χ2v) is 3.30. The topological polar surface area (TPSA) is 26.3 Å². The van der Waals surface area contributed by atoms with Crippen molar-refractivity contribution in [3.05, 3.63) is 11.6 Å². The summed E-state index contributed by atoms with van der Waals surface area (Å²) in [7, 11) is 1.73. The van der Waals surface area contributed by atoms with E-state index in [2.05, 4.69) is 6.92 Å². The first-order valence-corrected chi connectivity index (χ1v) is 4.89. The Kier molecular flexibility index (Phi) is 7.60. The van der Waals surface area contributed by atoms with Crippen molar-refractivity contribution in [3.63, 3.8) is 0 Å². The third-order valence-corrected chi connectivity index (χ3v) is 2.10. The molecule has 0 aromatic heterocycles. The molecule has 0 aliphatic rings. The van der Waals surface area contributed by atoms with Gasteiger partial charge in [-0.3, -0.25) is 4.79 Å². The van der Waals surface area contributed by atoms with E-state index in [9.17, 15) is 4.79 Å². The van der Waals surface area contributed by atoms with Crippen LogP contribution in [0.5, 0.6) is 0 Å². The summed E-state index contributed by atoms with van der Waals surface area (Å²) in [5, 5.41) is 0. The molecule has 76 valence electrons. The fourth-order valence-corrected chi connectivity index (χ4v) is 1.13. The van der Waals surface area contributed by atoms with E-state index in [4.69, 9.17) is 4.74 Å². The lowest BCUT2D eigenvalue weighted by molar-refractivity contribution is -0.104. The molecule has 0 aromatic rings. The summed E-state index contributed by atoms with van der Waals surface area (Å²) in [6.45, 7) is 3.98. The Labute approximate surface area is 81.0 Å². The van der Waals surface area contributed by atoms with Gasteiger partial charge in [0.1, 0.15) is 6.29 Å². The first-order valence-electron chi connectivity index (χ1n) is 4.89. The lowest BCUT2D eigenvalue weighted by atomic mass is 10.1. The monoisotopic (exact) mass is 184 g/mol. The van der Waals surface area contributed by atoms with Crippen LogP contribution in [0.2, 0.25) is 0 Å². The van der Waals surface area contributed by atoms with E-state index in [1.807, 2.05) is 13.0 Å². The number of rotatable bonds is 7. The number of carbonyl (C=O) groups excluding carboxylic acids is 1. The van der Waals surface area contributed by atoms with Crippen LogP contribution >= 0.6 is 0 Å². The van der Waals surface area contributed by atoms with E-state index in [0.717, 1.165) is 24.7 Å². The summed E-state index contributed by atoms with van der Waals surface area (Å²) < 4.78 is 5.29. The smallest absolute Gasteiger partial charge is 0.145 e. The molecule has 2 nitrogen and oxygen atoms in total. The lowest BCUT2D eigenvalue weighted by Gasteiger charge is -2.12. The van der Waals surface area contributed by atoms with Gasteiger partial charge in [-0.15, -0.1) is 0 Å². The minimum atomic E-state index is 0.273. The highest BCUT2D eigenvalue weighted by Gasteiger charge is 2.03. The van der Waals surface area contributed by atoms with Gasteiger partial charge in [0.25, 0.3) is 0 Å². The maximum absolute atomic E-state index is 10.3. The molecule has 1 unspecified atom stereocenters. The largest absolute Gasteiger partial charge is 0.381 e. The number of hydrogen-bond acceptors (Lipinski definition) is 2. The Bertz CT molecular complexity index is 161. The molecule has 13 heavy (non-hydrogen) atoms. The summed E-state index contributed by atoms with van der Waals surface area (Å²) in [5.41, 5.74) is 0.790. The predicted molar refractivity (Wildman–Crippen MR) is 54.8 cm³/mol. The standard InChI is InChI=1S/C11H20O2/c1-4-5-6-11(13-3)8-7-10(2)9-12/h7,9,11H,4-6,8H2,1-3H3/b10-7+. The van der Waals surface area contributed by atoms with Gasteiger partial charge in [0, 0.05) is 7.11 Å². The van der Waals surface area contributed by atoms with Crippen LogP contribution in [0.3, 0.4) is 0 Å². The number of unbranched alkanes of at least 4 members (excludes halogenated alkanes) is 1. The van der Waals surface area contributed by atoms with Crippen LogP contribution in [0.4, 0.5) is 0 Å². The van der Waals surface area contributed by atoms with Gasteiger partial charge in [0.05, 0.1) is 6.10 Å². The summed E-state index contributed by atoms with van der Waals surface area (Å²) >= 11 is 0. The molecule has 0 aliphatic heterocycles. The van der Waals surface area contributed by atoms with Crippen molar-refractivity contribution >= 4 is 6.29 Å². The molecule has 0 heterocycles. The number of carbonyl (C=O) groups is 1. The first-order chi connectivity index (χ1) is 6.24. The summed E-state index contributed by atoms with van der Waals surface area (Å²) in [5.74, 6) is 0. The number of ether oxygens (including phenoxy) is 1. The Hall–Kier alpha value is -0.630. The van der Waals surface area contributed by atoms with Crippen molar-refractivity contribution in [3.8, 4) is 0 Å². The number of aldehydes is 1. The molecule has 0 saturated heterocycles. The summed E-state index contributed by atoms with van der Waals surface area (Å²) in [4.78, 5) is 10.3. The third kappa shape index (κ3) is 6.52. The van der Waals surface area contributed by atoms with Gasteiger partial charge in [-0.05, 0) is 25.3 Å². The molecule has 0 amide bonds. The second-order valence-electron chi connectivity index (χ2n) is 3.30. The average Bonchev–Trinajstić information content (AvgIpc) is 2.17. The number of hydrogen-bond donors (Lipinski definition) is 0. The van der Waals surface area contributed by atoms with Gasteiger partial charge < -0.3 is 4.74 Å². The van der Waals surface area contributed by atoms with E-state index >= 15 is 0 Å². The maximum Gasteiger partial charge on any atom is 0.145 e. The molecule has 0 spiro atoms. The molecular weight excluding hydrogens is 164 g/mol. The van der Waals surface area contributed by atoms with Crippen LogP contribution in [0.1, 0.15) is 39.5 Å². The van der Waals surface area contributed by atoms with Crippen molar-refractivity contribution < 1.29 is 9.53 Å². The molecule has 2 heteroatoms. The molecule has 0 aliphatic carbocycles. The highest BCUT2D eigenvalue weighted by molar-refractivity contribution is 5.71. The first kappa shape index (κ1) is 12.4. The van der Waals surface area contributed by atoms with Gasteiger partial charge >= 0.3 is 0 Å². The van der Waals surface area contributed by atoms with Gasteiger partial charge in [-0.1, -0.05) is 25.8 Å². The molecule has 0 aromatic carbocycles. The van der Waals surface area contributed by atoms with Gasteiger partial charge in [0.2, 0.25) is 0 Å². The average molecular weight is 184 g/mol. The Balaban J connectivity index is 3.76. The van der Waals surface area contributed by atoms with Crippen molar-refractivity contribution in [2.75, 3.05) is 7.11 Å². The fraction of sp³-hybridized carbons (Fsp3) is 0.727. The molecule has 0 fully saturated rings. The van der Waals surface area contributed by atoms with E-state index < -0.39 is 0 Å². The molecule has 0 rings (SSSR count). The highest BCUT2D eigenvalue weighted by atomic mass is 16.5. The fourth-order valence-electron chi connectivity index (χ4n) is 1.13. The van der Waals surface area contributed by atoms with Crippen molar-refractivity contribution in [1.82, 2.24) is 0 Å². The molecular formula is C11H20O2. The SMILES string of the molecule is CCCCC(C/C=C(\C)C=O)OC. The normalized spacial score (nSPS) is 14.2.